The lowest BCUT2D eigenvalue weighted by molar-refractivity contribution is 0.0733. The van der Waals surface area contributed by atoms with Crippen LogP contribution in [0.3, 0.4) is 0 Å². The van der Waals surface area contributed by atoms with Gasteiger partial charge in [-0.05, 0) is 12.3 Å². The smallest absolute Gasteiger partial charge is 0.268 e. The molecule has 0 radical (unpaired) electrons. The molecule has 4 rings (SSSR count). The van der Waals surface area contributed by atoms with Crippen LogP contribution in [0.1, 0.15) is 16.1 Å². The number of rotatable bonds is 1. The molecule has 1 amide bonds. The van der Waals surface area contributed by atoms with E-state index in [1.54, 1.807) is 0 Å². The Labute approximate surface area is 127 Å². The van der Waals surface area contributed by atoms with Crippen molar-refractivity contribution in [3.8, 4) is 11.5 Å². The van der Waals surface area contributed by atoms with Gasteiger partial charge in [0.15, 0.2) is 11.5 Å². The maximum atomic E-state index is 12.7. The van der Waals surface area contributed by atoms with E-state index in [-0.39, 0.29) is 18.3 Å². The monoisotopic (exact) mass is 316 g/mol. The fourth-order valence-electron chi connectivity index (χ4n) is 3.24. The topological polar surface area (TPSA) is 50.8 Å². The van der Waals surface area contributed by atoms with Gasteiger partial charge in [-0.2, -0.15) is 0 Å². The molecule has 20 heavy (non-hydrogen) atoms. The van der Waals surface area contributed by atoms with Gasteiger partial charge in [0.05, 0.1) is 0 Å². The second kappa shape index (κ2) is 5.42. The van der Waals surface area contributed by atoms with Crippen LogP contribution >= 0.6 is 23.7 Å². The zero-order valence-electron chi connectivity index (χ0n) is 11.0. The summed E-state index contributed by atoms with van der Waals surface area (Å²) in [7, 11) is 0. The number of thiophene rings is 1. The molecule has 2 atom stereocenters. The standard InChI is InChI=1S/C13H16N2O3S.ClH/c16-13(15-2-1-8-5-14-6-9(8)15)12-11-10(7-19-12)17-3-4-18-11;/h7-9,14H,1-6H2;1H/t8-,9+;/m0./s1. The third-order valence-corrected chi connectivity index (χ3v) is 5.13. The third kappa shape index (κ3) is 2.06. The molecular formula is C13H17ClN2O3S. The molecule has 7 heteroatoms. The SMILES string of the molecule is Cl.O=C(c1scc2c1OCCO2)N1CC[C@H]2CNC[C@H]21. The van der Waals surface area contributed by atoms with E-state index in [0.717, 1.165) is 31.8 Å². The highest BCUT2D eigenvalue weighted by Crippen LogP contribution is 2.41. The van der Waals surface area contributed by atoms with Gasteiger partial charge in [-0.3, -0.25) is 4.79 Å². The van der Waals surface area contributed by atoms with Crippen molar-refractivity contribution >= 4 is 29.7 Å². The van der Waals surface area contributed by atoms with Crippen molar-refractivity contribution in [1.29, 1.82) is 0 Å². The van der Waals surface area contributed by atoms with Crippen LogP contribution in [0.2, 0.25) is 0 Å². The summed E-state index contributed by atoms with van der Waals surface area (Å²) < 4.78 is 11.1. The summed E-state index contributed by atoms with van der Waals surface area (Å²) in [5.74, 6) is 2.10. The first-order chi connectivity index (χ1) is 9.34. The Bertz CT molecular complexity index is 522. The highest BCUT2D eigenvalue weighted by molar-refractivity contribution is 7.12. The van der Waals surface area contributed by atoms with Crippen LogP contribution in [-0.4, -0.2) is 49.7 Å². The maximum absolute atomic E-state index is 12.7. The van der Waals surface area contributed by atoms with E-state index in [1.807, 2.05) is 10.3 Å². The molecule has 0 spiro atoms. The van der Waals surface area contributed by atoms with Gasteiger partial charge < -0.3 is 19.7 Å². The average molecular weight is 317 g/mol. The fourth-order valence-corrected chi connectivity index (χ4v) is 4.13. The zero-order chi connectivity index (χ0) is 12.8. The number of nitrogens with zero attached hydrogens (tertiary/aromatic N) is 1. The minimum atomic E-state index is 0. The number of hydrogen-bond acceptors (Lipinski definition) is 5. The maximum Gasteiger partial charge on any atom is 0.268 e. The van der Waals surface area contributed by atoms with Crippen LogP contribution in [0.5, 0.6) is 11.5 Å². The van der Waals surface area contributed by atoms with Gasteiger partial charge in [0.2, 0.25) is 0 Å². The van der Waals surface area contributed by atoms with Crippen molar-refractivity contribution in [1.82, 2.24) is 10.2 Å². The van der Waals surface area contributed by atoms with Crippen LogP contribution < -0.4 is 14.8 Å². The first-order valence-corrected chi connectivity index (χ1v) is 7.61. The van der Waals surface area contributed by atoms with Crippen molar-refractivity contribution in [2.75, 3.05) is 32.8 Å². The molecule has 0 saturated carbocycles. The Balaban J connectivity index is 0.00000121. The summed E-state index contributed by atoms with van der Waals surface area (Å²) in [6.07, 6.45) is 1.11. The first kappa shape index (κ1) is 14.0. The van der Waals surface area contributed by atoms with Gasteiger partial charge in [0.1, 0.15) is 18.1 Å². The van der Waals surface area contributed by atoms with E-state index < -0.39 is 0 Å². The quantitative estimate of drug-likeness (QED) is 0.850. The average Bonchev–Trinajstić information content (AvgIpc) is 3.12. The second-order valence-corrected chi connectivity index (χ2v) is 6.11. The van der Waals surface area contributed by atoms with E-state index in [1.165, 1.54) is 11.3 Å². The first-order valence-electron chi connectivity index (χ1n) is 6.73. The Hall–Kier alpha value is -0.980. The number of fused-ring (bicyclic) bond motifs is 2. The number of amides is 1. The summed E-state index contributed by atoms with van der Waals surface area (Å²) in [5.41, 5.74) is 0. The molecule has 4 heterocycles. The third-order valence-electron chi connectivity index (χ3n) is 4.20. The molecule has 0 unspecified atom stereocenters. The van der Waals surface area contributed by atoms with Gasteiger partial charge in [-0.1, -0.05) is 0 Å². The molecule has 0 aliphatic carbocycles. The molecule has 2 fully saturated rings. The van der Waals surface area contributed by atoms with Crippen LogP contribution in [0, 0.1) is 5.92 Å². The molecule has 1 aromatic heterocycles. The van der Waals surface area contributed by atoms with Gasteiger partial charge in [0, 0.05) is 31.1 Å². The molecular weight excluding hydrogens is 300 g/mol. The van der Waals surface area contributed by atoms with Crippen molar-refractivity contribution in [3.63, 3.8) is 0 Å². The lowest BCUT2D eigenvalue weighted by Crippen LogP contribution is -2.39. The van der Waals surface area contributed by atoms with E-state index >= 15 is 0 Å². The molecule has 0 bridgehead atoms. The van der Waals surface area contributed by atoms with Crippen molar-refractivity contribution in [3.05, 3.63) is 10.3 Å². The molecule has 2 saturated heterocycles. The van der Waals surface area contributed by atoms with E-state index in [9.17, 15) is 4.79 Å². The Kier molecular flexibility index (Phi) is 3.79. The molecule has 3 aliphatic heterocycles. The minimum absolute atomic E-state index is 0. The number of likely N-dealkylation sites (tertiary alicyclic amines) is 1. The molecule has 1 N–H and O–H groups in total. The molecule has 0 aromatic carbocycles. The van der Waals surface area contributed by atoms with Crippen molar-refractivity contribution < 1.29 is 14.3 Å². The number of halogens is 1. The lowest BCUT2D eigenvalue weighted by atomic mass is 10.1. The number of ether oxygens (including phenoxy) is 2. The van der Waals surface area contributed by atoms with Gasteiger partial charge in [-0.15, -0.1) is 23.7 Å². The van der Waals surface area contributed by atoms with Crippen molar-refractivity contribution in [2.24, 2.45) is 5.92 Å². The molecule has 1 aromatic rings. The Morgan fingerprint density at radius 3 is 3.10 bits per heavy atom. The van der Waals surface area contributed by atoms with Crippen LogP contribution in [0.25, 0.3) is 0 Å². The van der Waals surface area contributed by atoms with E-state index in [0.29, 0.717) is 35.8 Å². The number of carbonyl (C=O) groups excluding carboxylic acids is 1. The second-order valence-electron chi connectivity index (χ2n) is 5.23. The molecule has 3 aliphatic rings. The summed E-state index contributed by atoms with van der Waals surface area (Å²) >= 11 is 1.43. The van der Waals surface area contributed by atoms with Gasteiger partial charge in [-0.25, -0.2) is 0 Å². The highest BCUT2D eigenvalue weighted by atomic mass is 35.5. The van der Waals surface area contributed by atoms with Crippen molar-refractivity contribution in [2.45, 2.75) is 12.5 Å². The molecule has 5 nitrogen and oxygen atoms in total. The normalized spacial score (nSPS) is 27.1. The summed E-state index contributed by atoms with van der Waals surface area (Å²) in [6.45, 7) is 3.91. The summed E-state index contributed by atoms with van der Waals surface area (Å²) in [4.78, 5) is 15.4. The van der Waals surface area contributed by atoms with Crippen LogP contribution in [-0.2, 0) is 0 Å². The summed E-state index contributed by atoms with van der Waals surface area (Å²) in [6, 6.07) is 0.356. The molecule has 110 valence electrons. The summed E-state index contributed by atoms with van der Waals surface area (Å²) in [5, 5.41) is 5.25. The minimum Gasteiger partial charge on any atom is -0.485 e. The fraction of sp³-hybridized carbons (Fsp3) is 0.615. The van der Waals surface area contributed by atoms with Crippen LogP contribution in [0.15, 0.2) is 5.38 Å². The Morgan fingerprint density at radius 1 is 1.35 bits per heavy atom. The van der Waals surface area contributed by atoms with Gasteiger partial charge >= 0.3 is 0 Å². The Morgan fingerprint density at radius 2 is 2.20 bits per heavy atom. The number of carbonyl (C=O) groups is 1. The largest absolute Gasteiger partial charge is 0.485 e. The predicted molar refractivity (Wildman–Crippen MR) is 78.4 cm³/mol. The van der Waals surface area contributed by atoms with Crippen LogP contribution in [0.4, 0.5) is 0 Å². The lowest BCUT2D eigenvalue weighted by Gasteiger charge is -2.24. The highest BCUT2D eigenvalue weighted by Gasteiger charge is 2.41. The van der Waals surface area contributed by atoms with E-state index in [4.69, 9.17) is 9.47 Å². The number of nitrogens with one attached hydrogen (secondary N) is 1. The van der Waals surface area contributed by atoms with Gasteiger partial charge in [0.25, 0.3) is 5.91 Å². The zero-order valence-corrected chi connectivity index (χ0v) is 12.6. The van der Waals surface area contributed by atoms with E-state index in [2.05, 4.69) is 5.32 Å². The number of hydrogen-bond donors (Lipinski definition) is 1. The predicted octanol–water partition coefficient (Wildman–Crippen LogP) is 1.37.